The van der Waals surface area contributed by atoms with Gasteiger partial charge in [-0.05, 0) is 55.8 Å². The average molecular weight is 591 g/mol. The third kappa shape index (κ3) is 6.54. The first kappa shape index (κ1) is 28.8. The number of rotatable bonds is 6. The van der Waals surface area contributed by atoms with Crippen molar-refractivity contribution in [2.75, 3.05) is 6.61 Å². The number of hydrogen-bond acceptors (Lipinski definition) is 5. The molecule has 3 aromatic rings. The maximum absolute atomic E-state index is 13.9. The van der Waals surface area contributed by atoms with Gasteiger partial charge in [0.05, 0.1) is 16.8 Å². The largest absolute Gasteiger partial charge is 0.573 e. The fraction of sp³-hybridized carbons (Fsp3) is 0.308. The fourth-order valence-corrected chi connectivity index (χ4v) is 4.48. The van der Waals surface area contributed by atoms with Gasteiger partial charge < -0.3 is 19.9 Å². The summed E-state index contributed by atoms with van der Waals surface area (Å²) < 4.78 is 76.6. The Morgan fingerprint density at radius 1 is 1.10 bits per heavy atom. The number of halogens is 7. The molecule has 1 aromatic heterocycles. The molecule has 1 amide bonds. The van der Waals surface area contributed by atoms with Crippen LogP contribution in [0.3, 0.4) is 0 Å². The Balaban J connectivity index is 1.93. The van der Waals surface area contributed by atoms with Crippen LogP contribution in [-0.2, 0) is 4.79 Å². The van der Waals surface area contributed by atoms with Crippen molar-refractivity contribution in [1.29, 1.82) is 0 Å². The molecule has 13 heteroatoms. The monoisotopic (exact) mass is 590 g/mol. The zero-order chi connectivity index (χ0) is 28.8. The number of nitrogens with zero attached hydrogens (tertiary/aromatic N) is 1. The van der Waals surface area contributed by atoms with E-state index in [2.05, 4.69) is 15.0 Å². The number of pyridine rings is 1. The number of fused-ring (bicyclic) bond motifs is 1. The first-order valence-corrected chi connectivity index (χ1v) is 12.2. The number of aliphatic hydroxyl groups excluding tert-OH is 1. The second-order valence-corrected chi connectivity index (χ2v) is 10.3. The number of nitrogens with one attached hydrogen (secondary N) is 1. The summed E-state index contributed by atoms with van der Waals surface area (Å²) in [7, 11) is 0. The number of hydrogen-bond donors (Lipinski definition) is 2. The van der Waals surface area contributed by atoms with Crippen molar-refractivity contribution in [1.82, 2.24) is 10.3 Å². The highest BCUT2D eigenvalue weighted by Crippen LogP contribution is 2.45. The molecule has 4 rings (SSSR count). The lowest BCUT2D eigenvalue weighted by Gasteiger charge is -2.38. The summed E-state index contributed by atoms with van der Waals surface area (Å²) in [6.45, 7) is 1.62. The lowest BCUT2D eigenvalue weighted by molar-refractivity contribution is -0.274. The van der Waals surface area contributed by atoms with Gasteiger partial charge in [-0.3, -0.25) is 4.79 Å². The molecule has 0 fully saturated rings. The molecule has 6 nitrogen and oxygen atoms in total. The van der Waals surface area contributed by atoms with Gasteiger partial charge in [0.25, 0.3) is 5.91 Å². The molecular formula is C26H21Cl2F5N2O4. The maximum Gasteiger partial charge on any atom is 0.573 e. The number of benzene rings is 2. The summed E-state index contributed by atoms with van der Waals surface area (Å²) in [6.07, 6.45) is -4.88. The van der Waals surface area contributed by atoms with E-state index in [1.165, 1.54) is 12.1 Å². The molecule has 1 atom stereocenters. The minimum atomic E-state index is -4.96. The third-order valence-corrected chi connectivity index (χ3v) is 6.46. The van der Waals surface area contributed by atoms with Crippen LogP contribution in [0.15, 0.2) is 48.5 Å². The van der Waals surface area contributed by atoms with Gasteiger partial charge in [0.15, 0.2) is 0 Å². The highest BCUT2D eigenvalue weighted by Gasteiger charge is 2.43. The van der Waals surface area contributed by atoms with Gasteiger partial charge in [-0.15, -0.1) is 13.2 Å². The number of alkyl halides is 5. The lowest BCUT2D eigenvalue weighted by atomic mass is 9.88. The highest BCUT2D eigenvalue weighted by molar-refractivity contribution is 6.33. The maximum atomic E-state index is 13.9. The topological polar surface area (TPSA) is 80.7 Å². The summed E-state index contributed by atoms with van der Waals surface area (Å²) >= 11 is 12.4. The lowest BCUT2D eigenvalue weighted by Crippen LogP contribution is -2.48. The quantitative estimate of drug-likeness (QED) is 0.303. The smallest absolute Gasteiger partial charge is 0.471 e. The second-order valence-electron chi connectivity index (χ2n) is 9.43. The number of aliphatic hydroxyl groups is 1. The minimum Gasteiger partial charge on any atom is -0.471 e. The first-order valence-electron chi connectivity index (χ1n) is 11.4. The standard InChI is InChI=1S/C26H21Cl2F5N2O4/c1-24(2)11-20(34-23(37)25(29,30)12-36)18-10-16(13-3-5-14(27)6-4-13)21(35-22(18)39-24)17-9-15(7-8-19(17)28)38-26(31,32)33/h3-10,20,36H,11-12H2,1-2H3,(H,34,37)/t20-/m1/s1. The Bertz CT molecular complexity index is 1400. The highest BCUT2D eigenvalue weighted by atomic mass is 35.5. The van der Waals surface area contributed by atoms with Crippen molar-refractivity contribution >= 4 is 29.1 Å². The predicted octanol–water partition coefficient (Wildman–Crippen LogP) is 6.97. The molecule has 2 N–H and O–H groups in total. The molecule has 0 unspecified atom stereocenters. The third-order valence-electron chi connectivity index (χ3n) is 5.88. The number of carbonyl (C=O) groups excluding carboxylic acids is 1. The van der Waals surface area contributed by atoms with Crippen molar-refractivity contribution in [2.45, 2.75) is 44.2 Å². The number of ether oxygens (including phenoxy) is 2. The van der Waals surface area contributed by atoms with E-state index < -0.39 is 42.2 Å². The van der Waals surface area contributed by atoms with Crippen molar-refractivity contribution in [3.05, 3.63) is 64.1 Å². The van der Waals surface area contributed by atoms with E-state index in [1.807, 2.05) is 0 Å². The van der Waals surface area contributed by atoms with Crippen LogP contribution >= 0.6 is 23.2 Å². The van der Waals surface area contributed by atoms with Crippen LogP contribution in [0.5, 0.6) is 11.6 Å². The molecule has 2 heterocycles. The summed E-state index contributed by atoms with van der Waals surface area (Å²) in [4.78, 5) is 16.8. The Morgan fingerprint density at radius 3 is 2.38 bits per heavy atom. The van der Waals surface area contributed by atoms with Crippen LogP contribution in [0, 0.1) is 0 Å². The summed E-state index contributed by atoms with van der Waals surface area (Å²) in [5.74, 6) is -6.30. The van der Waals surface area contributed by atoms with E-state index in [0.717, 1.165) is 12.1 Å². The van der Waals surface area contributed by atoms with Crippen molar-refractivity contribution in [3.8, 4) is 34.0 Å². The molecule has 0 bridgehead atoms. The zero-order valence-electron chi connectivity index (χ0n) is 20.4. The Kier molecular flexibility index (Phi) is 7.72. The Morgan fingerprint density at radius 2 is 1.77 bits per heavy atom. The molecule has 0 radical (unpaired) electrons. The molecule has 2 aromatic carbocycles. The van der Waals surface area contributed by atoms with Gasteiger partial charge in [-0.1, -0.05) is 35.3 Å². The van der Waals surface area contributed by atoms with Crippen molar-refractivity contribution < 1.29 is 41.3 Å². The molecule has 208 valence electrons. The summed E-state index contributed by atoms with van der Waals surface area (Å²) in [5, 5.41) is 11.7. The number of amides is 1. The van der Waals surface area contributed by atoms with Crippen molar-refractivity contribution in [3.63, 3.8) is 0 Å². The molecule has 1 aliphatic heterocycles. The first-order chi connectivity index (χ1) is 18.1. The average Bonchev–Trinajstić information content (AvgIpc) is 2.83. The SMILES string of the molecule is CC1(C)C[C@@H](NC(=O)C(F)(F)CO)c2cc(-c3ccc(Cl)cc3)c(-c3cc(OC(F)(F)F)ccc3Cl)nc2O1. The van der Waals surface area contributed by atoms with Crippen LogP contribution in [0.25, 0.3) is 22.4 Å². The molecule has 0 spiro atoms. The van der Waals surface area contributed by atoms with E-state index in [9.17, 15) is 26.7 Å². The van der Waals surface area contributed by atoms with Crippen LogP contribution in [-0.4, -0.2) is 40.5 Å². The van der Waals surface area contributed by atoms with Crippen molar-refractivity contribution in [2.24, 2.45) is 0 Å². The number of carbonyl (C=O) groups is 1. The summed E-state index contributed by atoms with van der Waals surface area (Å²) in [5.41, 5.74) is 0.286. The molecule has 0 saturated carbocycles. The predicted molar refractivity (Wildman–Crippen MR) is 134 cm³/mol. The van der Waals surface area contributed by atoms with Gasteiger partial charge in [0, 0.05) is 28.1 Å². The van der Waals surface area contributed by atoms with Crippen LogP contribution in [0.4, 0.5) is 22.0 Å². The van der Waals surface area contributed by atoms with E-state index in [4.69, 9.17) is 33.0 Å². The number of aromatic nitrogens is 1. The molecule has 1 aliphatic rings. The molecular weight excluding hydrogens is 570 g/mol. The van der Waals surface area contributed by atoms with Crippen LogP contribution in [0.2, 0.25) is 10.0 Å². The van der Waals surface area contributed by atoms with Crippen LogP contribution in [0.1, 0.15) is 31.9 Å². The van der Waals surface area contributed by atoms with E-state index in [1.54, 1.807) is 38.1 Å². The summed E-state index contributed by atoms with van der Waals surface area (Å²) in [6, 6.07) is 10.3. The van der Waals surface area contributed by atoms with Gasteiger partial charge >= 0.3 is 12.3 Å². The van der Waals surface area contributed by atoms with Gasteiger partial charge in [0.2, 0.25) is 5.88 Å². The van der Waals surface area contributed by atoms with Gasteiger partial charge in [0.1, 0.15) is 18.0 Å². The molecule has 0 aliphatic carbocycles. The zero-order valence-corrected chi connectivity index (χ0v) is 21.9. The molecule has 0 saturated heterocycles. The molecule has 39 heavy (non-hydrogen) atoms. The second kappa shape index (κ2) is 10.4. The van der Waals surface area contributed by atoms with E-state index >= 15 is 0 Å². The Labute approximate surface area is 229 Å². The van der Waals surface area contributed by atoms with Gasteiger partial charge in [-0.25, -0.2) is 4.98 Å². The van der Waals surface area contributed by atoms with Gasteiger partial charge in [-0.2, -0.15) is 8.78 Å². The van der Waals surface area contributed by atoms with Crippen LogP contribution < -0.4 is 14.8 Å². The fourth-order valence-electron chi connectivity index (χ4n) is 4.15. The van der Waals surface area contributed by atoms with E-state index in [-0.39, 0.29) is 34.1 Å². The normalized spacial score (nSPS) is 16.7. The minimum absolute atomic E-state index is 0.0465. The Hall–Kier alpha value is -3.15. The van der Waals surface area contributed by atoms with E-state index in [0.29, 0.717) is 16.1 Å².